The van der Waals surface area contributed by atoms with E-state index in [1.54, 1.807) is 24.0 Å². The second kappa shape index (κ2) is 5.13. The molecule has 0 aliphatic carbocycles. The molecular formula is C10H10BrN5O2. The number of anilines is 1. The minimum atomic E-state index is -0.431. The van der Waals surface area contributed by atoms with Gasteiger partial charge in [-0.3, -0.25) is 14.8 Å². The summed E-state index contributed by atoms with van der Waals surface area (Å²) in [6.07, 6.45) is 1.78. The number of nitrogens with one attached hydrogen (secondary N) is 1. The van der Waals surface area contributed by atoms with Crippen LogP contribution in [-0.2, 0) is 13.6 Å². The maximum Gasteiger partial charge on any atom is 0.271 e. The third-order valence-corrected chi connectivity index (χ3v) is 2.96. The Morgan fingerprint density at radius 1 is 1.56 bits per heavy atom. The number of benzene rings is 1. The first kappa shape index (κ1) is 12.5. The Hall–Kier alpha value is -1.96. The molecule has 2 rings (SSSR count). The summed E-state index contributed by atoms with van der Waals surface area (Å²) in [7, 11) is 1.78. The summed E-state index contributed by atoms with van der Waals surface area (Å²) in [5.41, 5.74) is 1.45. The molecule has 1 aromatic heterocycles. The van der Waals surface area contributed by atoms with E-state index >= 15 is 0 Å². The average Bonchev–Trinajstić information content (AvgIpc) is 2.74. The first-order valence-electron chi connectivity index (χ1n) is 5.09. The van der Waals surface area contributed by atoms with Gasteiger partial charge in [-0.05, 0) is 22.0 Å². The van der Waals surface area contributed by atoms with Crippen molar-refractivity contribution < 1.29 is 4.92 Å². The van der Waals surface area contributed by atoms with Crippen molar-refractivity contribution in [1.29, 1.82) is 0 Å². The van der Waals surface area contributed by atoms with E-state index in [9.17, 15) is 10.1 Å². The first-order chi connectivity index (χ1) is 8.56. The lowest BCUT2D eigenvalue weighted by Crippen LogP contribution is -2.01. The third-order valence-electron chi connectivity index (χ3n) is 2.27. The smallest absolute Gasteiger partial charge is 0.271 e. The van der Waals surface area contributed by atoms with E-state index in [0.29, 0.717) is 12.2 Å². The van der Waals surface area contributed by atoms with Gasteiger partial charge in [-0.2, -0.15) is 0 Å². The van der Waals surface area contributed by atoms with E-state index in [0.717, 1.165) is 10.2 Å². The van der Waals surface area contributed by atoms with Crippen LogP contribution in [0.5, 0.6) is 0 Å². The van der Waals surface area contributed by atoms with Crippen molar-refractivity contribution in [1.82, 2.24) is 15.0 Å². The van der Waals surface area contributed by atoms with Crippen molar-refractivity contribution in [3.63, 3.8) is 0 Å². The Balaban J connectivity index is 2.13. The predicted octanol–water partition coefficient (Wildman–Crippen LogP) is 2.10. The summed E-state index contributed by atoms with van der Waals surface area (Å²) in [5, 5.41) is 21.5. The second-order valence-corrected chi connectivity index (χ2v) is 4.51. The fraction of sp³-hybridized carbons (Fsp3) is 0.200. The number of halogens is 1. The molecule has 0 saturated heterocycles. The molecular weight excluding hydrogens is 302 g/mol. The van der Waals surface area contributed by atoms with Crippen LogP contribution in [0.2, 0.25) is 0 Å². The highest BCUT2D eigenvalue weighted by Crippen LogP contribution is 2.27. The van der Waals surface area contributed by atoms with Gasteiger partial charge in [0.15, 0.2) is 0 Å². The molecule has 2 aromatic rings. The van der Waals surface area contributed by atoms with Crippen molar-refractivity contribution in [2.24, 2.45) is 7.05 Å². The average molecular weight is 312 g/mol. The van der Waals surface area contributed by atoms with E-state index in [4.69, 9.17) is 0 Å². The highest BCUT2D eigenvalue weighted by atomic mass is 79.9. The molecule has 8 heteroatoms. The minimum absolute atomic E-state index is 0.0415. The summed E-state index contributed by atoms with van der Waals surface area (Å²) in [6, 6.07) is 4.55. The van der Waals surface area contributed by atoms with E-state index in [1.165, 1.54) is 12.1 Å². The lowest BCUT2D eigenvalue weighted by molar-refractivity contribution is -0.384. The van der Waals surface area contributed by atoms with Crippen LogP contribution < -0.4 is 5.32 Å². The van der Waals surface area contributed by atoms with Crippen molar-refractivity contribution in [3.05, 3.63) is 44.7 Å². The van der Waals surface area contributed by atoms with Gasteiger partial charge in [-0.1, -0.05) is 5.21 Å². The molecule has 0 saturated carbocycles. The fourth-order valence-corrected chi connectivity index (χ4v) is 1.81. The van der Waals surface area contributed by atoms with E-state index < -0.39 is 4.92 Å². The van der Waals surface area contributed by atoms with Gasteiger partial charge in [0.05, 0.1) is 17.2 Å². The summed E-state index contributed by atoms with van der Waals surface area (Å²) in [6.45, 7) is 0.452. The molecule has 18 heavy (non-hydrogen) atoms. The minimum Gasteiger partial charge on any atom is -0.378 e. The van der Waals surface area contributed by atoms with Gasteiger partial charge in [0.25, 0.3) is 5.69 Å². The largest absolute Gasteiger partial charge is 0.378 e. The number of nitro benzene ring substituents is 1. The monoisotopic (exact) mass is 311 g/mol. The Morgan fingerprint density at radius 2 is 2.33 bits per heavy atom. The Labute approximate surface area is 111 Å². The number of nitrogens with zero attached hydrogens (tertiary/aromatic N) is 4. The topological polar surface area (TPSA) is 85.9 Å². The van der Waals surface area contributed by atoms with Crippen LogP contribution in [0.15, 0.2) is 28.9 Å². The molecule has 0 amide bonds. The van der Waals surface area contributed by atoms with Crippen molar-refractivity contribution in [3.8, 4) is 0 Å². The molecule has 0 aliphatic rings. The van der Waals surface area contributed by atoms with Gasteiger partial charge in [-0.15, -0.1) is 5.10 Å². The lowest BCUT2D eigenvalue weighted by atomic mass is 10.3. The number of aryl methyl sites for hydroxylation is 1. The first-order valence-corrected chi connectivity index (χ1v) is 5.88. The van der Waals surface area contributed by atoms with E-state index in [2.05, 4.69) is 31.6 Å². The summed E-state index contributed by atoms with van der Waals surface area (Å²) in [5.74, 6) is 0. The molecule has 7 nitrogen and oxygen atoms in total. The van der Waals surface area contributed by atoms with Crippen LogP contribution in [0.25, 0.3) is 0 Å². The number of hydrogen-bond donors (Lipinski definition) is 1. The van der Waals surface area contributed by atoms with E-state index in [1.807, 2.05) is 0 Å². The van der Waals surface area contributed by atoms with Gasteiger partial charge >= 0.3 is 0 Å². The Bertz CT molecular complexity index is 583. The molecule has 1 N–H and O–H groups in total. The summed E-state index contributed by atoms with van der Waals surface area (Å²) in [4.78, 5) is 10.2. The van der Waals surface area contributed by atoms with Gasteiger partial charge < -0.3 is 5.32 Å². The standard InChI is InChI=1S/C10H10BrN5O2/c1-15-6-7(13-14-15)5-12-10-4-8(16(17)18)2-3-9(10)11/h2-4,6,12H,5H2,1H3. The van der Waals surface area contributed by atoms with Crippen LogP contribution in [-0.4, -0.2) is 19.9 Å². The van der Waals surface area contributed by atoms with Gasteiger partial charge in [-0.25, -0.2) is 0 Å². The second-order valence-electron chi connectivity index (χ2n) is 3.66. The van der Waals surface area contributed by atoms with E-state index in [-0.39, 0.29) is 5.69 Å². The predicted molar refractivity (Wildman–Crippen MR) is 69.1 cm³/mol. The molecule has 0 atom stereocenters. The number of aromatic nitrogens is 3. The zero-order valence-corrected chi connectivity index (χ0v) is 11.1. The highest BCUT2D eigenvalue weighted by Gasteiger charge is 2.09. The van der Waals surface area contributed by atoms with Crippen molar-refractivity contribution in [2.45, 2.75) is 6.54 Å². The molecule has 1 aromatic carbocycles. The van der Waals surface area contributed by atoms with Crippen LogP contribution in [0.3, 0.4) is 0 Å². The lowest BCUT2D eigenvalue weighted by Gasteiger charge is -2.06. The van der Waals surface area contributed by atoms with Gasteiger partial charge in [0.2, 0.25) is 0 Å². The molecule has 94 valence electrons. The fourth-order valence-electron chi connectivity index (χ4n) is 1.42. The van der Waals surface area contributed by atoms with Crippen LogP contribution >= 0.6 is 15.9 Å². The highest BCUT2D eigenvalue weighted by molar-refractivity contribution is 9.10. The van der Waals surface area contributed by atoms with Crippen molar-refractivity contribution >= 4 is 27.3 Å². The SMILES string of the molecule is Cn1cc(CNc2cc([N+](=O)[O-])ccc2Br)nn1. The zero-order valence-electron chi connectivity index (χ0n) is 9.50. The summed E-state index contributed by atoms with van der Waals surface area (Å²) >= 11 is 3.33. The molecule has 1 heterocycles. The summed E-state index contributed by atoms with van der Waals surface area (Å²) < 4.78 is 2.36. The third kappa shape index (κ3) is 2.83. The number of nitro groups is 1. The molecule has 0 fully saturated rings. The quantitative estimate of drug-likeness (QED) is 0.690. The van der Waals surface area contributed by atoms with Crippen LogP contribution in [0, 0.1) is 10.1 Å². The van der Waals surface area contributed by atoms with Crippen LogP contribution in [0.1, 0.15) is 5.69 Å². The molecule has 0 bridgehead atoms. The normalized spacial score (nSPS) is 10.3. The Morgan fingerprint density at radius 3 is 2.94 bits per heavy atom. The maximum atomic E-state index is 10.7. The number of non-ortho nitro benzene ring substituents is 1. The van der Waals surface area contributed by atoms with Gasteiger partial charge in [0, 0.05) is 29.8 Å². The zero-order chi connectivity index (χ0) is 13.1. The molecule has 0 aliphatic heterocycles. The Kier molecular flexibility index (Phi) is 3.56. The molecule has 0 unspecified atom stereocenters. The number of hydrogen-bond acceptors (Lipinski definition) is 5. The number of rotatable bonds is 4. The van der Waals surface area contributed by atoms with Crippen LogP contribution in [0.4, 0.5) is 11.4 Å². The maximum absolute atomic E-state index is 10.7. The van der Waals surface area contributed by atoms with Crippen molar-refractivity contribution in [2.75, 3.05) is 5.32 Å². The van der Waals surface area contributed by atoms with Gasteiger partial charge in [0.1, 0.15) is 5.69 Å². The molecule has 0 spiro atoms. The molecule has 0 radical (unpaired) electrons.